The van der Waals surface area contributed by atoms with Gasteiger partial charge in [-0.25, -0.2) is 0 Å². The molecule has 1 fully saturated rings. The summed E-state index contributed by atoms with van der Waals surface area (Å²) >= 11 is -2.35. The number of nitrogens with zero attached hydrogens (tertiary/aromatic N) is 2. The Labute approximate surface area is 242 Å². The molecule has 0 unspecified atom stereocenters. The van der Waals surface area contributed by atoms with Gasteiger partial charge >= 0.3 is 236 Å². The molecular formula is C10H16HgK2N2O10. The van der Waals surface area contributed by atoms with Crippen LogP contribution in [0.25, 0.3) is 0 Å². The second-order valence-corrected chi connectivity index (χ2v) is 7.48. The number of carboxylic acid groups (broad SMARTS) is 2. The summed E-state index contributed by atoms with van der Waals surface area (Å²) in [6, 6.07) is 0. The van der Waals surface area contributed by atoms with Crippen LogP contribution in [-0.2, 0) is 50.0 Å². The first kappa shape index (κ1) is 34.4. The molecule has 0 bridgehead atoms. The Balaban J connectivity index is -0.000000551. The van der Waals surface area contributed by atoms with Crippen molar-refractivity contribution in [3.05, 3.63) is 0 Å². The van der Waals surface area contributed by atoms with Gasteiger partial charge in [-0.3, -0.25) is 0 Å². The summed E-state index contributed by atoms with van der Waals surface area (Å²) in [4.78, 5) is 46.2. The van der Waals surface area contributed by atoms with Gasteiger partial charge < -0.3 is 11.0 Å². The van der Waals surface area contributed by atoms with E-state index >= 15 is 0 Å². The van der Waals surface area contributed by atoms with Crippen LogP contribution in [0.5, 0.6) is 0 Å². The molecule has 0 aromatic rings. The summed E-state index contributed by atoms with van der Waals surface area (Å²) in [5.41, 5.74) is 0. The maximum Gasteiger partial charge on any atom is 1.00 e. The van der Waals surface area contributed by atoms with E-state index in [0.717, 1.165) is 4.90 Å². The van der Waals surface area contributed by atoms with Crippen LogP contribution in [0.1, 0.15) is 0 Å². The number of aliphatic carboxylic acids is 2. The van der Waals surface area contributed by atoms with Gasteiger partial charge in [0, 0.05) is 0 Å². The fraction of sp³-hybridized carbons (Fsp3) is 0.600. The molecule has 0 saturated carbocycles. The van der Waals surface area contributed by atoms with Gasteiger partial charge in [0.15, 0.2) is 0 Å². The Morgan fingerprint density at radius 3 is 1.76 bits per heavy atom. The van der Waals surface area contributed by atoms with E-state index in [0.29, 0.717) is 0 Å². The summed E-state index contributed by atoms with van der Waals surface area (Å²) in [6.45, 7) is -1.32. The van der Waals surface area contributed by atoms with E-state index in [-0.39, 0.29) is 140 Å². The monoisotopic (exact) mass is 604 g/mol. The molecule has 1 aliphatic heterocycles. The SMILES string of the molecule is O.O.O=C([O-])CN(CCN1CC(=O)[O][Hg][O]C(=O)C1)CC(=O)[O-].[K+].[K+]. The molecule has 0 aliphatic carbocycles. The van der Waals surface area contributed by atoms with Gasteiger partial charge in [-0.15, -0.1) is 0 Å². The molecule has 0 amide bonds. The third-order valence-electron chi connectivity index (χ3n) is 2.58. The number of rotatable bonds is 7. The first-order valence-corrected chi connectivity index (χ1v) is 10.5. The Hall–Kier alpha value is 1.93. The van der Waals surface area contributed by atoms with Crippen molar-refractivity contribution in [3.63, 3.8) is 0 Å². The van der Waals surface area contributed by atoms with Crippen molar-refractivity contribution < 1.29 is 174 Å². The number of carbonyl (C=O) groups is 4. The molecule has 0 aromatic carbocycles. The third kappa shape index (κ3) is 17.7. The van der Waals surface area contributed by atoms with Crippen LogP contribution in [0.4, 0.5) is 0 Å². The zero-order valence-corrected chi connectivity index (χ0v) is 25.9. The first-order chi connectivity index (χ1) is 9.86. The van der Waals surface area contributed by atoms with Gasteiger partial charge in [0.1, 0.15) is 0 Å². The zero-order valence-electron chi connectivity index (χ0n) is 14.1. The zero-order chi connectivity index (χ0) is 15.8. The fourth-order valence-corrected chi connectivity index (χ4v) is 3.65. The standard InChI is InChI=1S/C10H16N2O8.Hg.2K.2H2O/c13-7(14)3-11(4-8(15)16)1-2-12(5-9(17)18)6-10(19)20;;;;;/h1-6H2,(H,13,14)(H,15,16)(H,17,18)(H,19,20);;;;2*1H2/q;+2;2*+1;;/p-4. The summed E-state index contributed by atoms with van der Waals surface area (Å²) in [6.07, 6.45) is 0. The van der Waals surface area contributed by atoms with Crippen LogP contribution >= 0.6 is 0 Å². The molecular weight excluding hydrogens is 587 g/mol. The maximum atomic E-state index is 11.3. The largest absolute Gasteiger partial charge is 1.00 e. The Morgan fingerprint density at radius 2 is 1.40 bits per heavy atom. The van der Waals surface area contributed by atoms with Crippen LogP contribution in [0.3, 0.4) is 0 Å². The first-order valence-electron chi connectivity index (χ1n) is 6.02. The van der Waals surface area contributed by atoms with Crippen LogP contribution in [0.15, 0.2) is 0 Å². The van der Waals surface area contributed by atoms with Gasteiger partial charge in [0.05, 0.1) is 0 Å². The van der Waals surface area contributed by atoms with Crippen molar-refractivity contribution in [2.45, 2.75) is 0 Å². The molecule has 0 spiro atoms. The Kier molecular flexibility index (Phi) is 26.5. The molecule has 130 valence electrons. The number of hydrogen-bond donors (Lipinski definition) is 0. The molecule has 1 heterocycles. The summed E-state index contributed by atoms with van der Waals surface area (Å²) in [5.74, 6) is -3.87. The van der Waals surface area contributed by atoms with Crippen molar-refractivity contribution in [3.8, 4) is 0 Å². The average Bonchev–Trinajstić information content (AvgIpc) is 2.32. The summed E-state index contributed by atoms with van der Waals surface area (Å²) < 4.78 is 9.59. The van der Waals surface area contributed by atoms with Crippen LogP contribution < -0.4 is 113 Å². The maximum absolute atomic E-state index is 11.3. The normalized spacial score (nSPS) is 13.5. The minimum absolute atomic E-state index is 0. The minimum atomic E-state index is -2.35. The molecule has 12 nitrogen and oxygen atoms in total. The molecule has 0 aromatic heterocycles. The average molecular weight is 603 g/mol. The van der Waals surface area contributed by atoms with Crippen LogP contribution in [0, 0.1) is 0 Å². The smallest absolute Gasteiger partial charge is 1.00 e. The van der Waals surface area contributed by atoms with Crippen molar-refractivity contribution in [1.29, 1.82) is 0 Å². The van der Waals surface area contributed by atoms with E-state index < -0.39 is 62.5 Å². The van der Waals surface area contributed by atoms with Crippen molar-refractivity contribution in [1.82, 2.24) is 9.80 Å². The van der Waals surface area contributed by atoms with Crippen LogP contribution in [0.2, 0.25) is 0 Å². The Bertz CT molecular complexity index is 408. The van der Waals surface area contributed by atoms with E-state index in [4.69, 9.17) is 5.29 Å². The molecule has 1 saturated heterocycles. The van der Waals surface area contributed by atoms with Crippen LogP contribution in [-0.4, -0.2) is 83.9 Å². The quantitative estimate of drug-likeness (QED) is 0.252. The van der Waals surface area contributed by atoms with Gasteiger partial charge in [0.25, 0.3) is 0 Å². The molecule has 0 radical (unpaired) electrons. The van der Waals surface area contributed by atoms with Gasteiger partial charge in [-0.1, -0.05) is 0 Å². The van der Waals surface area contributed by atoms with E-state index in [9.17, 15) is 29.4 Å². The number of carbonyl (C=O) groups excluding carboxylic acids is 4. The molecule has 4 N–H and O–H groups in total. The summed E-state index contributed by atoms with van der Waals surface area (Å²) in [5, 5.41) is 21.1. The molecule has 1 rings (SSSR count). The van der Waals surface area contributed by atoms with Crippen molar-refractivity contribution >= 4 is 23.9 Å². The van der Waals surface area contributed by atoms with Gasteiger partial charge in [0.2, 0.25) is 0 Å². The minimum Gasteiger partial charge on any atom is 1.00 e. The van der Waals surface area contributed by atoms with E-state index in [1.807, 2.05) is 0 Å². The summed E-state index contributed by atoms with van der Waals surface area (Å²) in [7, 11) is 0. The van der Waals surface area contributed by atoms with E-state index in [1.54, 1.807) is 0 Å². The molecule has 15 heteroatoms. The number of carboxylic acids is 2. The van der Waals surface area contributed by atoms with Crippen molar-refractivity contribution in [2.24, 2.45) is 0 Å². The van der Waals surface area contributed by atoms with Gasteiger partial charge in [-0.2, -0.15) is 0 Å². The predicted octanol–water partition coefficient (Wildman–Crippen LogP) is -12.5. The second kappa shape index (κ2) is 19.3. The van der Waals surface area contributed by atoms with Gasteiger partial charge in [-0.05, 0) is 0 Å². The second-order valence-electron chi connectivity index (χ2n) is 4.32. The predicted molar refractivity (Wildman–Crippen MR) is 62.3 cm³/mol. The molecule has 0 atom stereocenters. The Morgan fingerprint density at radius 1 is 1.00 bits per heavy atom. The van der Waals surface area contributed by atoms with Crippen molar-refractivity contribution in [2.75, 3.05) is 39.3 Å². The van der Waals surface area contributed by atoms with E-state index in [1.165, 1.54) is 4.90 Å². The van der Waals surface area contributed by atoms with E-state index in [2.05, 4.69) is 0 Å². The fourth-order valence-electron chi connectivity index (χ4n) is 1.69. The topological polar surface area (TPSA) is 202 Å². The molecule has 25 heavy (non-hydrogen) atoms. The number of hydrogen-bond acceptors (Lipinski definition) is 10. The third-order valence-corrected chi connectivity index (χ3v) is 6.00. The molecule has 1 aliphatic rings.